The molecule has 0 radical (unpaired) electrons. The number of carbonyl (C=O) groups excluding carboxylic acids is 1. The van der Waals surface area contributed by atoms with Gasteiger partial charge < -0.3 is 20.1 Å². The average Bonchev–Trinajstić information content (AvgIpc) is 2.94. The molecule has 2 aliphatic heterocycles. The van der Waals surface area contributed by atoms with Gasteiger partial charge in [-0.2, -0.15) is 0 Å². The minimum Gasteiger partial charge on any atom is -0.454 e. The first-order valence-corrected chi connectivity index (χ1v) is 6.73. The summed E-state index contributed by atoms with van der Waals surface area (Å²) < 4.78 is 10.7. The molecule has 5 heteroatoms. The van der Waals surface area contributed by atoms with E-state index in [2.05, 4.69) is 10.6 Å². The molecule has 1 amide bonds. The van der Waals surface area contributed by atoms with Crippen LogP contribution in [0.1, 0.15) is 24.8 Å². The lowest BCUT2D eigenvalue weighted by Crippen LogP contribution is -2.46. The molecule has 0 unspecified atom stereocenters. The summed E-state index contributed by atoms with van der Waals surface area (Å²) in [6.07, 6.45) is 3.18. The number of benzene rings is 1. The molecule has 0 aromatic heterocycles. The van der Waals surface area contributed by atoms with Crippen molar-refractivity contribution >= 4 is 5.91 Å². The Morgan fingerprint density at radius 2 is 2.32 bits per heavy atom. The molecule has 2 heterocycles. The van der Waals surface area contributed by atoms with Crippen LogP contribution in [0.3, 0.4) is 0 Å². The third kappa shape index (κ3) is 2.66. The van der Waals surface area contributed by atoms with Gasteiger partial charge >= 0.3 is 0 Å². The molecule has 0 spiro atoms. The van der Waals surface area contributed by atoms with Crippen molar-refractivity contribution in [3.8, 4) is 11.5 Å². The Morgan fingerprint density at radius 1 is 1.37 bits per heavy atom. The standard InChI is InChI=1S/C14H18N2O3/c17-14(11-5-1-2-7-15-11)16-8-10-4-3-6-12-13(10)19-9-18-12/h3-4,6,11,15H,1-2,5,7-9H2,(H,16,17)/t11-/m0/s1. The largest absolute Gasteiger partial charge is 0.454 e. The van der Waals surface area contributed by atoms with Crippen molar-refractivity contribution in [1.82, 2.24) is 10.6 Å². The van der Waals surface area contributed by atoms with E-state index >= 15 is 0 Å². The van der Waals surface area contributed by atoms with Crippen molar-refractivity contribution in [3.05, 3.63) is 23.8 Å². The van der Waals surface area contributed by atoms with Crippen LogP contribution in [0, 0.1) is 0 Å². The molecule has 102 valence electrons. The lowest BCUT2D eigenvalue weighted by Gasteiger charge is -2.22. The molecule has 0 aliphatic carbocycles. The first kappa shape index (κ1) is 12.3. The van der Waals surface area contributed by atoms with Gasteiger partial charge in [0.05, 0.1) is 6.04 Å². The van der Waals surface area contributed by atoms with Gasteiger partial charge in [0.1, 0.15) is 0 Å². The molecule has 1 aromatic carbocycles. The topological polar surface area (TPSA) is 59.6 Å². The number of ether oxygens (including phenoxy) is 2. The fraction of sp³-hybridized carbons (Fsp3) is 0.500. The van der Waals surface area contributed by atoms with Gasteiger partial charge in [-0.1, -0.05) is 18.6 Å². The molecular weight excluding hydrogens is 244 g/mol. The van der Waals surface area contributed by atoms with E-state index in [1.807, 2.05) is 18.2 Å². The lowest BCUT2D eigenvalue weighted by atomic mass is 10.0. The first-order valence-electron chi connectivity index (χ1n) is 6.73. The van der Waals surface area contributed by atoms with Gasteiger partial charge in [-0.15, -0.1) is 0 Å². The van der Waals surface area contributed by atoms with Crippen molar-refractivity contribution in [2.24, 2.45) is 0 Å². The average molecular weight is 262 g/mol. The van der Waals surface area contributed by atoms with Gasteiger partial charge in [-0.25, -0.2) is 0 Å². The minimum absolute atomic E-state index is 0.0531. The fourth-order valence-corrected chi connectivity index (χ4v) is 2.51. The number of rotatable bonds is 3. The highest BCUT2D eigenvalue weighted by Crippen LogP contribution is 2.35. The van der Waals surface area contributed by atoms with Gasteiger partial charge in [0.25, 0.3) is 0 Å². The van der Waals surface area contributed by atoms with Crippen LogP contribution in [0.4, 0.5) is 0 Å². The summed E-state index contributed by atoms with van der Waals surface area (Å²) in [5.41, 5.74) is 0.958. The third-order valence-corrected chi connectivity index (χ3v) is 3.56. The number of carbonyl (C=O) groups is 1. The van der Waals surface area contributed by atoms with E-state index in [1.54, 1.807) is 0 Å². The van der Waals surface area contributed by atoms with Gasteiger partial charge in [-0.3, -0.25) is 4.79 Å². The molecule has 1 atom stereocenters. The van der Waals surface area contributed by atoms with Crippen LogP contribution in [-0.4, -0.2) is 25.3 Å². The molecular formula is C14H18N2O3. The third-order valence-electron chi connectivity index (χ3n) is 3.56. The summed E-state index contributed by atoms with van der Waals surface area (Å²) in [5.74, 6) is 1.57. The predicted molar refractivity (Wildman–Crippen MR) is 70.1 cm³/mol. The number of hydrogen-bond donors (Lipinski definition) is 2. The molecule has 1 fully saturated rings. The summed E-state index contributed by atoms with van der Waals surface area (Å²) in [6.45, 7) is 1.66. The van der Waals surface area contributed by atoms with Crippen LogP contribution < -0.4 is 20.1 Å². The molecule has 3 rings (SSSR count). The van der Waals surface area contributed by atoms with Crippen molar-refractivity contribution in [3.63, 3.8) is 0 Å². The minimum atomic E-state index is -0.0531. The van der Waals surface area contributed by atoms with E-state index < -0.39 is 0 Å². The maximum absolute atomic E-state index is 12.0. The van der Waals surface area contributed by atoms with Gasteiger partial charge in [-0.05, 0) is 25.5 Å². The maximum atomic E-state index is 12.0. The summed E-state index contributed by atoms with van der Waals surface area (Å²) in [7, 11) is 0. The molecule has 5 nitrogen and oxygen atoms in total. The van der Waals surface area contributed by atoms with Crippen molar-refractivity contribution < 1.29 is 14.3 Å². The van der Waals surface area contributed by atoms with Crippen molar-refractivity contribution in [1.29, 1.82) is 0 Å². The van der Waals surface area contributed by atoms with Gasteiger partial charge in [0, 0.05) is 12.1 Å². The molecule has 0 saturated carbocycles. The molecule has 1 aromatic rings. The van der Waals surface area contributed by atoms with Crippen molar-refractivity contribution in [2.75, 3.05) is 13.3 Å². The second kappa shape index (κ2) is 5.48. The van der Waals surface area contributed by atoms with E-state index in [-0.39, 0.29) is 18.7 Å². The Bertz CT molecular complexity index is 470. The molecule has 2 aliphatic rings. The highest BCUT2D eigenvalue weighted by molar-refractivity contribution is 5.81. The first-order chi connectivity index (χ1) is 9.34. The van der Waals surface area contributed by atoms with E-state index in [4.69, 9.17) is 9.47 Å². The number of hydrogen-bond acceptors (Lipinski definition) is 4. The Kier molecular flexibility index (Phi) is 3.55. The number of fused-ring (bicyclic) bond motifs is 1. The second-order valence-electron chi connectivity index (χ2n) is 4.87. The number of para-hydroxylation sites is 1. The monoisotopic (exact) mass is 262 g/mol. The van der Waals surface area contributed by atoms with E-state index in [1.165, 1.54) is 0 Å². The van der Waals surface area contributed by atoms with Crippen LogP contribution in [0.2, 0.25) is 0 Å². The number of nitrogens with one attached hydrogen (secondary N) is 2. The maximum Gasteiger partial charge on any atom is 0.237 e. The Morgan fingerprint density at radius 3 is 3.16 bits per heavy atom. The Labute approximate surface area is 112 Å². The van der Waals surface area contributed by atoms with Gasteiger partial charge in [0.15, 0.2) is 11.5 Å². The smallest absolute Gasteiger partial charge is 0.237 e. The van der Waals surface area contributed by atoms with E-state index in [9.17, 15) is 4.79 Å². The number of amides is 1. The predicted octanol–water partition coefficient (Wildman–Crippen LogP) is 1.17. The summed E-state index contributed by atoms with van der Waals surface area (Å²) in [6, 6.07) is 5.68. The second-order valence-corrected chi connectivity index (χ2v) is 4.87. The van der Waals surface area contributed by atoms with Crippen molar-refractivity contribution in [2.45, 2.75) is 31.8 Å². The Balaban J connectivity index is 1.60. The molecule has 2 N–H and O–H groups in total. The van der Waals surface area contributed by atoms with Crippen LogP contribution in [0.15, 0.2) is 18.2 Å². The highest BCUT2D eigenvalue weighted by atomic mass is 16.7. The van der Waals surface area contributed by atoms with Crippen LogP contribution in [0.25, 0.3) is 0 Å². The van der Waals surface area contributed by atoms with Crippen LogP contribution in [0.5, 0.6) is 11.5 Å². The SMILES string of the molecule is O=C(NCc1cccc2c1OCO2)[C@@H]1CCCCN1. The van der Waals surface area contributed by atoms with E-state index in [0.29, 0.717) is 6.54 Å². The zero-order chi connectivity index (χ0) is 13.1. The summed E-state index contributed by atoms with van der Waals surface area (Å²) in [5, 5.41) is 6.20. The van der Waals surface area contributed by atoms with Crippen LogP contribution >= 0.6 is 0 Å². The number of piperidine rings is 1. The summed E-state index contributed by atoms with van der Waals surface area (Å²) in [4.78, 5) is 12.0. The summed E-state index contributed by atoms with van der Waals surface area (Å²) >= 11 is 0. The van der Waals surface area contributed by atoms with Crippen LogP contribution in [-0.2, 0) is 11.3 Å². The molecule has 19 heavy (non-hydrogen) atoms. The highest BCUT2D eigenvalue weighted by Gasteiger charge is 2.21. The normalized spacial score (nSPS) is 21.2. The Hall–Kier alpha value is -1.75. The molecule has 1 saturated heterocycles. The van der Waals surface area contributed by atoms with E-state index in [0.717, 1.165) is 42.9 Å². The quantitative estimate of drug-likeness (QED) is 0.858. The lowest BCUT2D eigenvalue weighted by molar-refractivity contribution is -0.123. The zero-order valence-corrected chi connectivity index (χ0v) is 10.8. The molecule has 0 bridgehead atoms. The fourth-order valence-electron chi connectivity index (χ4n) is 2.51. The zero-order valence-electron chi connectivity index (χ0n) is 10.8. The van der Waals surface area contributed by atoms with Gasteiger partial charge in [0.2, 0.25) is 12.7 Å².